The normalized spacial score (nSPS) is 12.9. The molecule has 3 aromatic carbocycles. The van der Waals surface area contributed by atoms with Gasteiger partial charge < -0.3 is 30.2 Å². The van der Waals surface area contributed by atoms with Crippen LogP contribution in [0.1, 0.15) is 23.5 Å². The van der Waals surface area contributed by atoms with Gasteiger partial charge >= 0.3 is 11.9 Å². The van der Waals surface area contributed by atoms with E-state index in [0.717, 1.165) is 22.0 Å². The fraction of sp³-hybridized carbons (Fsp3) is 0.115. The minimum atomic E-state index is -1.38. The topological polar surface area (TPSA) is 140 Å². The summed E-state index contributed by atoms with van der Waals surface area (Å²) in [5, 5.41) is 22.8. The van der Waals surface area contributed by atoms with Gasteiger partial charge in [-0.25, -0.2) is 9.78 Å². The third-order valence-electron chi connectivity index (χ3n) is 5.78. The third-order valence-corrected chi connectivity index (χ3v) is 5.78. The van der Waals surface area contributed by atoms with Gasteiger partial charge in [-0.3, -0.25) is 4.79 Å². The molecule has 5 N–H and O–H groups in total. The highest BCUT2D eigenvalue weighted by Crippen LogP contribution is 2.34. The molecule has 0 spiro atoms. The lowest BCUT2D eigenvalue weighted by Crippen LogP contribution is -2.35. The SMILES string of the molecule is O=C(O)CC(c1ccccc1)c1c[nH]c2cc(OC(Nc3nc4ccccc4[nH]3)C(=O)O)ccc12. The Morgan fingerprint density at radius 3 is 2.49 bits per heavy atom. The number of fused-ring (bicyclic) bond motifs is 2. The standard InChI is InChI=1S/C26H22N4O5/c31-23(32)13-18(15-6-2-1-3-7-15)19-14-27-22-12-16(10-11-17(19)22)35-24(25(33)34)30-26-28-20-8-4-5-9-21(20)29-26/h1-12,14,18,24,27H,13H2,(H,31,32)(H,33,34)(H2,28,29,30). The molecule has 5 aromatic rings. The van der Waals surface area contributed by atoms with E-state index >= 15 is 0 Å². The molecule has 2 atom stereocenters. The number of ether oxygens (including phenoxy) is 1. The quantitative estimate of drug-likeness (QED) is 0.199. The Kier molecular flexibility index (Phi) is 5.80. The van der Waals surface area contributed by atoms with Gasteiger partial charge in [0.25, 0.3) is 6.23 Å². The summed E-state index contributed by atoms with van der Waals surface area (Å²) in [6.45, 7) is 0. The van der Waals surface area contributed by atoms with E-state index in [1.165, 1.54) is 0 Å². The van der Waals surface area contributed by atoms with Crippen LogP contribution in [0, 0.1) is 0 Å². The van der Waals surface area contributed by atoms with Gasteiger partial charge in [-0.1, -0.05) is 42.5 Å². The molecule has 176 valence electrons. The maximum Gasteiger partial charge on any atom is 0.366 e. The van der Waals surface area contributed by atoms with Crippen molar-refractivity contribution in [1.82, 2.24) is 15.0 Å². The van der Waals surface area contributed by atoms with Crippen molar-refractivity contribution in [1.29, 1.82) is 0 Å². The number of benzene rings is 3. The van der Waals surface area contributed by atoms with Crippen LogP contribution in [0.2, 0.25) is 0 Å². The summed E-state index contributed by atoms with van der Waals surface area (Å²) in [6.07, 6.45) is 0.347. The number of rotatable bonds is 9. The number of imidazole rings is 1. The van der Waals surface area contributed by atoms with Crippen LogP contribution in [-0.2, 0) is 9.59 Å². The number of carbonyl (C=O) groups is 2. The molecule has 0 amide bonds. The lowest BCUT2D eigenvalue weighted by atomic mass is 9.88. The Labute approximate surface area is 199 Å². The Hall–Kier alpha value is -4.79. The van der Waals surface area contributed by atoms with Crippen molar-refractivity contribution in [3.8, 4) is 5.75 Å². The molecule has 0 saturated carbocycles. The summed E-state index contributed by atoms with van der Waals surface area (Å²) in [5.41, 5.74) is 3.92. The van der Waals surface area contributed by atoms with Crippen molar-refractivity contribution >= 4 is 39.8 Å². The van der Waals surface area contributed by atoms with Crippen LogP contribution in [0.3, 0.4) is 0 Å². The molecule has 0 saturated heterocycles. The zero-order valence-electron chi connectivity index (χ0n) is 18.4. The number of aromatic amines is 2. The molecule has 0 aliphatic rings. The molecule has 2 aromatic heterocycles. The van der Waals surface area contributed by atoms with E-state index in [2.05, 4.69) is 20.3 Å². The third kappa shape index (κ3) is 4.65. The minimum absolute atomic E-state index is 0.0578. The van der Waals surface area contributed by atoms with Gasteiger partial charge in [-0.2, -0.15) is 0 Å². The van der Waals surface area contributed by atoms with Gasteiger partial charge in [0, 0.05) is 29.1 Å². The van der Waals surface area contributed by atoms with E-state index < -0.39 is 18.2 Å². The van der Waals surface area contributed by atoms with Crippen LogP contribution in [-0.4, -0.2) is 43.3 Å². The molecular formula is C26H22N4O5. The Bertz CT molecular complexity index is 1480. The number of nitrogens with one attached hydrogen (secondary N) is 3. The number of hydrogen-bond acceptors (Lipinski definition) is 5. The summed E-state index contributed by atoms with van der Waals surface area (Å²) < 4.78 is 5.72. The zero-order valence-corrected chi connectivity index (χ0v) is 18.4. The molecule has 9 heteroatoms. The molecule has 9 nitrogen and oxygen atoms in total. The smallest absolute Gasteiger partial charge is 0.366 e. The lowest BCUT2D eigenvalue weighted by molar-refractivity contribution is -0.143. The number of para-hydroxylation sites is 2. The van der Waals surface area contributed by atoms with E-state index in [1.807, 2.05) is 54.6 Å². The summed E-state index contributed by atoms with van der Waals surface area (Å²) in [6, 6.07) is 22.0. The maximum atomic E-state index is 11.8. The van der Waals surface area contributed by atoms with Crippen LogP contribution >= 0.6 is 0 Å². The van der Waals surface area contributed by atoms with E-state index in [4.69, 9.17) is 4.74 Å². The first-order chi connectivity index (χ1) is 17.0. The number of hydrogen-bond donors (Lipinski definition) is 5. The fourth-order valence-electron chi connectivity index (χ4n) is 4.18. The van der Waals surface area contributed by atoms with E-state index in [0.29, 0.717) is 16.8 Å². The lowest BCUT2D eigenvalue weighted by Gasteiger charge is -2.17. The second kappa shape index (κ2) is 9.22. The maximum absolute atomic E-state index is 11.8. The van der Waals surface area contributed by atoms with Gasteiger partial charge in [-0.05, 0) is 35.4 Å². The van der Waals surface area contributed by atoms with Gasteiger partial charge in [0.15, 0.2) is 0 Å². The number of aliphatic carboxylic acids is 2. The highest BCUT2D eigenvalue weighted by Gasteiger charge is 2.23. The molecule has 0 fully saturated rings. The highest BCUT2D eigenvalue weighted by molar-refractivity contribution is 5.86. The van der Waals surface area contributed by atoms with Crippen molar-refractivity contribution in [3.05, 3.63) is 90.1 Å². The average molecular weight is 470 g/mol. The van der Waals surface area contributed by atoms with Crippen LogP contribution in [0.25, 0.3) is 21.9 Å². The number of aromatic nitrogens is 3. The van der Waals surface area contributed by atoms with Crippen LogP contribution < -0.4 is 10.1 Å². The molecule has 0 bridgehead atoms. The molecule has 0 radical (unpaired) electrons. The first-order valence-electron chi connectivity index (χ1n) is 11.0. The van der Waals surface area contributed by atoms with Gasteiger partial charge in [0.1, 0.15) is 5.75 Å². The largest absolute Gasteiger partial charge is 0.481 e. The van der Waals surface area contributed by atoms with Crippen molar-refractivity contribution < 1.29 is 24.5 Å². The molecule has 5 rings (SSSR count). The molecule has 0 aliphatic heterocycles. The second-order valence-electron chi connectivity index (χ2n) is 8.10. The average Bonchev–Trinajstić information content (AvgIpc) is 3.46. The van der Waals surface area contributed by atoms with Crippen molar-refractivity contribution in [3.63, 3.8) is 0 Å². The number of nitrogens with zero attached hydrogens (tertiary/aromatic N) is 1. The van der Waals surface area contributed by atoms with Crippen molar-refractivity contribution in [2.24, 2.45) is 0 Å². The summed E-state index contributed by atoms with van der Waals surface area (Å²) in [7, 11) is 0. The van der Waals surface area contributed by atoms with Crippen molar-refractivity contribution in [2.75, 3.05) is 5.32 Å². The van der Waals surface area contributed by atoms with E-state index in [-0.39, 0.29) is 18.3 Å². The molecular weight excluding hydrogens is 448 g/mol. The number of anilines is 1. The Morgan fingerprint density at radius 1 is 0.971 bits per heavy atom. The molecule has 2 heterocycles. The fourth-order valence-corrected chi connectivity index (χ4v) is 4.18. The van der Waals surface area contributed by atoms with Gasteiger partial charge in [-0.15, -0.1) is 0 Å². The number of carboxylic acid groups (broad SMARTS) is 2. The Morgan fingerprint density at radius 2 is 1.74 bits per heavy atom. The number of H-pyrrole nitrogens is 2. The zero-order chi connectivity index (χ0) is 24.4. The monoisotopic (exact) mass is 470 g/mol. The second-order valence-corrected chi connectivity index (χ2v) is 8.10. The van der Waals surface area contributed by atoms with Gasteiger partial charge in [0.05, 0.1) is 17.5 Å². The van der Waals surface area contributed by atoms with Crippen LogP contribution in [0.15, 0.2) is 79.0 Å². The van der Waals surface area contributed by atoms with E-state index in [9.17, 15) is 19.8 Å². The predicted molar refractivity (Wildman–Crippen MR) is 131 cm³/mol. The Balaban J connectivity index is 1.41. The van der Waals surface area contributed by atoms with Crippen LogP contribution in [0.5, 0.6) is 5.75 Å². The minimum Gasteiger partial charge on any atom is -0.481 e. The first-order valence-corrected chi connectivity index (χ1v) is 11.0. The summed E-state index contributed by atoms with van der Waals surface area (Å²) in [5.74, 6) is -1.83. The van der Waals surface area contributed by atoms with Gasteiger partial charge in [0.2, 0.25) is 5.95 Å². The van der Waals surface area contributed by atoms with E-state index in [1.54, 1.807) is 24.4 Å². The highest BCUT2D eigenvalue weighted by atomic mass is 16.5. The molecule has 2 unspecified atom stereocenters. The summed E-state index contributed by atoms with van der Waals surface area (Å²) in [4.78, 5) is 33.9. The summed E-state index contributed by atoms with van der Waals surface area (Å²) >= 11 is 0. The molecule has 35 heavy (non-hydrogen) atoms. The van der Waals surface area contributed by atoms with Crippen molar-refractivity contribution in [2.45, 2.75) is 18.6 Å². The van der Waals surface area contributed by atoms with Crippen LogP contribution in [0.4, 0.5) is 5.95 Å². The molecule has 0 aliphatic carbocycles. The first kappa shape index (κ1) is 22.0. The predicted octanol–water partition coefficient (Wildman–Crippen LogP) is 4.55. The number of carboxylic acids is 2.